The third kappa shape index (κ3) is 4.88. The van der Waals surface area contributed by atoms with Crippen LogP contribution in [0.15, 0.2) is 22.7 Å². The lowest BCUT2D eigenvalue weighted by Crippen LogP contribution is -2.45. The Morgan fingerprint density at radius 1 is 1.40 bits per heavy atom. The standard InChI is InChI=1S/C12H14BrN3O4/c1-6-4-7(2-3-8(6)13)15-12(20)16-9(11(18)19)5-10(14)17/h2-4,9H,5H2,1H3,(H2,14,17)(H,18,19)(H2,15,16,20)/t9-/m1/s1. The Morgan fingerprint density at radius 3 is 2.55 bits per heavy atom. The van der Waals surface area contributed by atoms with Gasteiger partial charge in [-0.15, -0.1) is 0 Å². The summed E-state index contributed by atoms with van der Waals surface area (Å²) in [7, 11) is 0. The highest BCUT2D eigenvalue weighted by Crippen LogP contribution is 2.19. The van der Waals surface area contributed by atoms with E-state index in [0.717, 1.165) is 10.0 Å². The van der Waals surface area contributed by atoms with Gasteiger partial charge in [0.2, 0.25) is 5.91 Å². The van der Waals surface area contributed by atoms with Crippen LogP contribution in [0.25, 0.3) is 0 Å². The number of halogens is 1. The first-order valence-electron chi connectivity index (χ1n) is 5.64. The Morgan fingerprint density at radius 2 is 2.05 bits per heavy atom. The van der Waals surface area contributed by atoms with E-state index in [1.54, 1.807) is 18.2 Å². The molecule has 0 bridgehead atoms. The molecule has 7 nitrogen and oxygen atoms in total. The molecule has 1 aromatic rings. The smallest absolute Gasteiger partial charge is 0.326 e. The number of benzene rings is 1. The molecule has 0 spiro atoms. The second kappa shape index (κ2) is 6.90. The third-order valence-corrected chi connectivity index (χ3v) is 3.31. The van der Waals surface area contributed by atoms with Gasteiger partial charge >= 0.3 is 12.0 Å². The average molecular weight is 344 g/mol. The van der Waals surface area contributed by atoms with Crippen LogP contribution < -0.4 is 16.4 Å². The summed E-state index contributed by atoms with van der Waals surface area (Å²) in [6.45, 7) is 1.85. The van der Waals surface area contributed by atoms with Crippen LogP contribution in [-0.4, -0.2) is 29.1 Å². The lowest BCUT2D eigenvalue weighted by atomic mass is 10.2. The molecule has 0 saturated heterocycles. The lowest BCUT2D eigenvalue weighted by molar-refractivity contribution is -0.140. The van der Waals surface area contributed by atoms with Crippen molar-refractivity contribution in [3.8, 4) is 0 Å². The number of urea groups is 1. The van der Waals surface area contributed by atoms with Gasteiger partial charge in [-0.05, 0) is 30.7 Å². The molecule has 108 valence electrons. The zero-order chi connectivity index (χ0) is 15.3. The van der Waals surface area contributed by atoms with Crippen molar-refractivity contribution in [2.45, 2.75) is 19.4 Å². The second-order valence-electron chi connectivity index (χ2n) is 4.12. The topological polar surface area (TPSA) is 122 Å². The normalized spacial score (nSPS) is 11.5. The zero-order valence-corrected chi connectivity index (χ0v) is 12.2. The van der Waals surface area contributed by atoms with Crippen molar-refractivity contribution in [2.75, 3.05) is 5.32 Å². The molecule has 1 aromatic carbocycles. The first kappa shape index (κ1) is 16.0. The molecular formula is C12H14BrN3O4. The highest BCUT2D eigenvalue weighted by atomic mass is 79.9. The number of anilines is 1. The highest BCUT2D eigenvalue weighted by molar-refractivity contribution is 9.10. The van der Waals surface area contributed by atoms with Crippen LogP contribution in [0, 0.1) is 6.92 Å². The maximum Gasteiger partial charge on any atom is 0.326 e. The quantitative estimate of drug-likeness (QED) is 0.641. The summed E-state index contributed by atoms with van der Waals surface area (Å²) >= 11 is 3.32. The van der Waals surface area contributed by atoms with Gasteiger partial charge in [0.1, 0.15) is 6.04 Å². The number of carbonyl (C=O) groups is 3. The molecule has 0 aliphatic carbocycles. The number of hydrogen-bond donors (Lipinski definition) is 4. The Kier molecular flexibility index (Phi) is 5.51. The highest BCUT2D eigenvalue weighted by Gasteiger charge is 2.22. The Hall–Kier alpha value is -2.09. The summed E-state index contributed by atoms with van der Waals surface area (Å²) in [6.07, 6.45) is -0.470. The van der Waals surface area contributed by atoms with Crippen LogP contribution in [-0.2, 0) is 9.59 Å². The third-order valence-electron chi connectivity index (χ3n) is 2.42. The number of nitrogens with two attached hydrogens (primary N) is 1. The minimum absolute atomic E-state index is 0.470. The van der Waals surface area contributed by atoms with Crippen molar-refractivity contribution in [2.24, 2.45) is 5.73 Å². The lowest BCUT2D eigenvalue weighted by Gasteiger charge is -2.14. The molecule has 5 N–H and O–H groups in total. The fourth-order valence-corrected chi connectivity index (χ4v) is 1.70. The number of rotatable bonds is 5. The average Bonchev–Trinajstić information content (AvgIpc) is 2.32. The van der Waals surface area contributed by atoms with E-state index in [2.05, 4.69) is 26.6 Å². The first-order chi connectivity index (χ1) is 9.29. The molecule has 1 atom stereocenters. The molecule has 0 radical (unpaired) electrons. The maximum absolute atomic E-state index is 11.7. The minimum atomic E-state index is -1.36. The van der Waals surface area contributed by atoms with Crippen molar-refractivity contribution >= 4 is 39.5 Å². The number of aliphatic carboxylic acids is 1. The number of amides is 3. The van der Waals surface area contributed by atoms with Crippen LogP contribution in [0.1, 0.15) is 12.0 Å². The van der Waals surface area contributed by atoms with Crippen molar-refractivity contribution in [1.29, 1.82) is 0 Å². The van der Waals surface area contributed by atoms with E-state index in [9.17, 15) is 14.4 Å². The summed E-state index contributed by atoms with van der Waals surface area (Å²) in [5.41, 5.74) is 6.33. The van der Waals surface area contributed by atoms with Crippen molar-refractivity contribution < 1.29 is 19.5 Å². The van der Waals surface area contributed by atoms with Crippen molar-refractivity contribution in [3.05, 3.63) is 28.2 Å². The molecule has 0 saturated carbocycles. The van der Waals surface area contributed by atoms with E-state index in [4.69, 9.17) is 10.8 Å². The van der Waals surface area contributed by atoms with E-state index >= 15 is 0 Å². The molecule has 1 rings (SSSR count). The predicted molar refractivity (Wildman–Crippen MR) is 76.3 cm³/mol. The minimum Gasteiger partial charge on any atom is -0.480 e. The van der Waals surface area contributed by atoms with Gasteiger partial charge in [0.15, 0.2) is 0 Å². The zero-order valence-electron chi connectivity index (χ0n) is 10.6. The SMILES string of the molecule is Cc1cc(NC(=O)N[C@H](CC(N)=O)C(=O)O)ccc1Br. The number of carboxylic acids is 1. The number of hydrogen-bond acceptors (Lipinski definition) is 3. The van der Waals surface area contributed by atoms with Gasteiger partial charge in [0.05, 0.1) is 6.42 Å². The van der Waals surface area contributed by atoms with Gasteiger partial charge in [-0.1, -0.05) is 15.9 Å². The molecule has 0 heterocycles. The summed E-state index contributed by atoms with van der Waals surface area (Å²) < 4.78 is 0.889. The summed E-state index contributed by atoms with van der Waals surface area (Å²) in [6, 6.07) is 3.04. The van der Waals surface area contributed by atoms with Crippen LogP contribution >= 0.6 is 15.9 Å². The van der Waals surface area contributed by atoms with Crippen molar-refractivity contribution in [1.82, 2.24) is 5.32 Å². The molecule has 20 heavy (non-hydrogen) atoms. The van der Waals surface area contributed by atoms with Gasteiger partial charge in [0.25, 0.3) is 0 Å². The van der Waals surface area contributed by atoms with E-state index < -0.39 is 30.4 Å². The van der Waals surface area contributed by atoms with Gasteiger partial charge in [-0.2, -0.15) is 0 Å². The molecule has 8 heteroatoms. The van der Waals surface area contributed by atoms with Crippen LogP contribution in [0.2, 0.25) is 0 Å². The van der Waals surface area contributed by atoms with Crippen molar-refractivity contribution in [3.63, 3.8) is 0 Å². The summed E-state index contributed by atoms with van der Waals surface area (Å²) in [5, 5.41) is 13.5. The maximum atomic E-state index is 11.7. The molecule has 0 aromatic heterocycles. The number of carboxylic acid groups (broad SMARTS) is 1. The van der Waals surface area contributed by atoms with Gasteiger partial charge in [-0.3, -0.25) is 4.79 Å². The molecule has 0 aliphatic rings. The van der Waals surface area contributed by atoms with E-state index in [1.807, 2.05) is 6.92 Å². The fraction of sp³-hybridized carbons (Fsp3) is 0.250. The van der Waals surface area contributed by atoms with E-state index in [-0.39, 0.29) is 0 Å². The summed E-state index contributed by atoms with van der Waals surface area (Å²) in [5.74, 6) is -2.14. The Labute approximate surface area is 123 Å². The molecule has 3 amide bonds. The van der Waals surface area contributed by atoms with E-state index in [0.29, 0.717) is 5.69 Å². The van der Waals surface area contributed by atoms with E-state index in [1.165, 1.54) is 0 Å². The number of primary amides is 1. The predicted octanol–water partition coefficient (Wildman–Crippen LogP) is 1.21. The van der Waals surface area contributed by atoms with Crippen LogP contribution in [0.5, 0.6) is 0 Å². The Balaban J connectivity index is 2.67. The molecule has 0 aliphatic heterocycles. The van der Waals surface area contributed by atoms with Crippen LogP contribution in [0.4, 0.5) is 10.5 Å². The second-order valence-corrected chi connectivity index (χ2v) is 4.98. The number of aryl methyl sites for hydroxylation is 1. The Bertz CT molecular complexity index is 548. The summed E-state index contributed by atoms with van der Waals surface area (Å²) in [4.78, 5) is 33.2. The monoisotopic (exact) mass is 343 g/mol. The molecule has 0 fully saturated rings. The van der Waals surface area contributed by atoms with Gasteiger partial charge in [0, 0.05) is 10.2 Å². The number of nitrogens with one attached hydrogen (secondary N) is 2. The number of carbonyl (C=O) groups excluding carboxylic acids is 2. The first-order valence-corrected chi connectivity index (χ1v) is 6.43. The fourth-order valence-electron chi connectivity index (χ4n) is 1.45. The largest absolute Gasteiger partial charge is 0.480 e. The molecular weight excluding hydrogens is 330 g/mol. The van der Waals surface area contributed by atoms with Gasteiger partial charge < -0.3 is 21.5 Å². The molecule has 0 unspecified atom stereocenters. The van der Waals surface area contributed by atoms with Crippen LogP contribution in [0.3, 0.4) is 0 Å². The van der Waals surface area contributed by atoms with Gasteiger partial charge in [-0.25, -0.2) is 9.59 Å².